The van der Waals surface area contributed by atoms with Crippen molar-refractivity contribution in [2.75, 3.05) is 19.5 Å². The molecule has 0 saturated heterocycles. The van der Waals surface area contributed by atoms with Gasteiger partial charge in [-0.3, -0.25) is 34.8 Å². The van der Waals surface area contributed by atoms with E-state index in [0.717, 1.165) is 38.1 Å². The summed E-state index contributed by atoms with van der Waals surface area (Å²) in [6.07, 6.45) is -4.97. The average Bonchev–Trinajstić information content (AvgIpc) is 3.11. The molecule has 0 saturated carbocycles. The number of carboxylic acid groups (broad SMARTS) is 1. The van der Waals surface area contributed by atoms with Crippen LogP contribution >= 0.6 is 0 Å². The van der Waals surface area contributed by atoms with Gasteiger partial charge in [0.25, 0.3) is 11.8 Å². The van der Waals surface area contributed by atoms with E-state index in [2.05, 4.69) is 10.7 Å². The quantitative estimate of drug-likeness (QED) is 0.111. The second-order valence-corrected chi connectivity index (χ2v) is 12.1. The third kappa shape index (κ3) is 11.3. The second-order valence-electron chi connectivity index (χ2n) is 12.1. The van der Waals surface area contributed by atoms with Crippen molar-refractivity contribution >= 4 is 53.3 Å². The molecule has 0 radical (unpaired) electrons. The molecule has 0 aliphatic carbocycles. The van der Waals surface area contributed by atoms with Gasteiger partial charge in [-0.15, -0.1) is 0 Å². The van der Waals surface area contributed by atoms with Crippen LogP contribution in [0.5, 0.6) is 23.0 Å². The molecule has 0 spiro atoms. The molecule has 0 fully saturated rings. The summed E-state index contributed by atoms with van der Waals surface area (Å²) in [5.41, 5.74) is 3.06. The Morgan fingerprint density at radius 1 is 0.611 bits per heavy atom. The molecule has 3 aromatic carbocycles. The predicted octanol–water partition coefficient (Wildman–Crippen LogP) is 2.84. The predicted molar refractivity (Wildman–Crippen MR) is 185 cm³/mol. The molecule has 0 aromatic heterocycles. The van der Waals surface area contributed by atoms with Gasteiger partial charge >= 0.3 is 29.8 Å². The maximum atomic E-state index is 13.5. The summed E-state index contributed by atoms with van der Waals surface area (Å²) in [6.45, 7) is 7.40. The number of amides is 3. The zero-order chi connectivity index (χ0) is 40.3. The summed E-state index contributed by atoms with van der Waals surface area (Å²) in [5, 5.41) is 12.8. The minimum atomic E-state index is -2.52. The fourth-order valence-electron chi connectivity index (χ4n) is 4.21. The summed E-state index contributed by atoms with van der Waals surface area (Å²) >= 11 is 0. The summed E-state index contributed by atoms with van der Waals surface area (Å²) in [6, 6.07) is 12.2. The standard InChI is InChI=1S/C36H37N3O15/c1-18(40)51-24-14-10-21(16-26(24)49-6)33(46)53-28(29(32(44)45)54-34(47)22-11-15-25(52-19(2)41)27(17-22)50-7)31(43)39-38-30(42)20-8-12-23(13-9-20)37-35(48)36(3,4)5/h8-17,28-29H,1-7H3,(H,37,48)(H,38,42)(H,39,43)(H,44,45)/t28-,29-/m1/s1. The van der Waals surface area contributed by atoms with Gasteiger partial charge in [0.05, 0.1) is 25.3 Å². The summed E-state index contributed by atoms with van der Waals surface area (Å²) < 4.78 is 30.7. The van der Waals surface area contributed by atoms with Gasteiger partial charge in [0.15, 0.2) is 23.0 Å². The zero-order valence-electron chi connectivity index (χ0n) is 30.1. The SMILES string of the molecule is COc1cc(C(=O)O[C@@H](C(=O)O)[C@@H](OC(=O)c2ccc(OC(C)=O)c(OC)c2)C(=O)NNC(=O)c2ccc(NC(=O)C(C)(C)C)cc2)ccc1OC(C)=O. The lowest BCUT2D eigenvalue weighted by Gasteiger charge is -2.24. The van der Waals surface area contributed by atoms with Crippen LogP contribution in [0.2, 0.25) is 0 Å². The van der Waals surface area contributed by atoms with Gasteiger partial charge in [0.1, 0.15) is 0 Å². The van der Waals surface area contributed by atoms with Crippen molar-refractivity contribution < 1.29 is 71.9 Å². The Morgan fingerprint density at radius 2 is 1.06 bits per heavy atom. The van der Waals surface area contributed by atoms with Gasteiger partial charge in [-0.05, 0) is 60.7 Å². The van der Waals surface area contributed by atoms with Crippen LogP contribution in [0.15, 0.2) is 60.7 Å². The molecule has 18 nitrogen and oxygen atoms in total. The molecule has 54 heavy (non-hydrogen) atoms. The monoisotopic (exact) mass is 751 g/mol. The number of hydrogen-bond acceptors (Lipinski definition) is 14. The minimum Gasteiger partial charge on any atom is -0.493 e. The molecule has 0 aliphatic heterocycles. The van der Waals surface area contributed by atoms with Crippen LogP contribution in [-0.4, -0.2) is 79.1 Å². The molecule has 0 bridgehead atoms. The van der Waals surface area contributed by atoms with Crippen molar-refractivity contribution in [3.63, 3.8) is 0 Å². The molecule has 2 atom stereocenters. The van der Waals surface area contributed by atoms with Gasteiger partial charge in [-0.25, -0.2) is 14.4 Å². The van der Waals surface area contributed by atoms with Gasteiger partial charge in [0, 0.05) is 30.5 Å². The first kappa shape index (κ1) is 41.4. The molecular weight excluding hydrogens is 714 g/mol. The maximum absolute atomic E-state index is 13.5. The van der Waals surface area contributed by atoms with Gasteiger partial charge < -0.3 is 38.8 Å². The van der Waals surface area contributed by atoms with E-state index < -0.39 is 59.3 Å². The number of anilines is 1. The van der Waals surface area contributed by atoms with Crippen LogP contribution in [0, 0.1) is 5.41 Å². The smallest absolute Gasteiger partial charge is 0.349 e. The molecule has 4 N–H and O–H groups in total. The van der Waals surface area contributed by atoms with Crippen molar-refractivity contribution in [1.82, 2.24) is 10.9 Å². The Balaban J connectivity index is 1.91. The fraction of sp³-hybridized carbons (Fsp3) is 0.278. The molecule has 3 rings (SSSR count). The number of aliphatic carboxylic acids is 1. The molecule has 3 aromatic rings. The number of nitrogens with one attached hydrogen (secondary N) is 3. The van der Waals surface area contributed by atoms with Crippen LogP contribution in [-0.2, 0) is 33.4 Å². The number of esters is 4. The number of carbonyl (C=O) groups is 8. The van der Waals surface area contributed by atoms with Gasteiger partial charge in [-0.2, -0.15) is 0 Å². The Morgan fingerprint density at radius 3 is 1.46 bits per heavy atom. The first-order valence-corrected chi connectivity index (χ1v) is 15.7. The number of rotatable bonds is 13. The van der Waals surface area contributed by atoms with Crippen LogP contribution in [0.1, 0.15) is 65.7 Å². The van der Waals surface area contributed by atoms with Crippen LogP contribution in [0.3, 0.4) is 0 Å². The van der Waals surface area contributed by atoms with E-state index in [1.54, 1.807) is 20.8 Å². The van der Waals surface area contributed by atoms with Crippen molar-refractivity contribution in [1.29, 1.82) is 0 Å². The van der Waals surface area contributed by atoms with Crippen molar-refractivity contribution in [2.24, 2.45) is 5.41 Å². The van der Waals surface area contributed by atoms with E-state index in [1.165, 1.54) is 50.6 Å². The van der Waals surface area contributed by atoms with Crippen molar-refractivity contribution in [2.45, 2.75) is 46.8 Å². The van der Waals surface area contributed by atoms with E-state index in [9.17, 15) is 43.5 Å². The van der Waals surface area contributed by atoms with Crippen LogP contribution in [0.4, 0.5) is 5.69 Å². The minimum absolute atomic E-state index is 0.00933. The number of methoxy groups -OCH3 is 2. The van der Waals surface area contributed by atoms with Crippen molar-refractivity contribution in [3.8, 4) is 23.0 Å². The molecule has 18 heteroatoms. The Hall–Kier alpha value is -6.98. The number of carboxylic acids is 1. The molecular formula is C36H37N3O15. The van der Waals surface area contributed by atoms with Gasteiger partial charge in [-0.1, -0.05) is 20.8 Å². The van der Waals surface area contributed by atoms with Crippen LogP contribution < -0.4 is 35.1 Å². The highest BCUT2D eigenvalue weighted by molar-refractivity contribution is 6.00. The van der Waals surface area contributed by atoms with Gasteiger partial charge in [0.2, 0.25) is 18.1 Å². The first-order chi connectivity index (χ1) is 25.3. The summed E-state index contributed by atoms with van der Waals surface area (Å²) in [5.74, 6) is -8.99. The summed E-state index contributed by atoms with van der Waals surface area (Å²) in [7, 11) is 2.41. The Labute approximate surface area is 308 Å². The van der Waals surface area contributed by atoms with E-state index in [1.807, 2.05) is 5.43 Å². The lowest BCUT2D eigenvalue weighted by Crippen LogP contribution is -2.54. The molecule has 0 aliphatic rings. The molecule has 3 amide bonds. The highest BCUT2D eigenvalue weighted by atomic mass is 16.6. The number of ether oxygens (including phenoxy) is 6. The topological polar surface area (TPSA) is 248 Å². The lowest BCUT2D eigenvalue weighted by molar-refractivity contribution is -0.159. The number of benzene rings is 3. The third-order valence-electron chi connectivity index (χ3n) is 6.94. The normalized spacial score (nSPS) is 11.8. The lowest BCUT2D eigenvalue weighted by atomic mass is 9.95. The Bertz CT molecular complexity index is 1950. The highest BCUT2D eigenvalue weighted by Gasteiger charge is 2.41. The average molecular weight is 752 g/mol. The first-order valence-electron chi connectivity index (χ1n) is 15.7. The molecule has 286 valence electrons. The largest absolute Gasteiger partial charge is 0.493 e. The third-order valence-corrected chi connectivity index (χ3v) is 6.94. The number of hydrogen-bond donors (Lipinski definition) is 4. The fourth-order valence-corrected chi connectivity index (χ4v) is 4.21. The second kappa shape index (κ2) is 18.0. The molecule has 0 unspecified atom stereocenters. The maximum Gasteiger partial charge on any atom is 0.349 e. The number of hydrazine groups is 1. The van der Waals surface area contributed by atoms with E-state index >= 15 is 0 Å². The Kier molecular flexibility index (Phi) is 13.8. The van der Waals surface area contributed by atoms with Crippen molar-refractivity contribution in [3.05, 3.63) is 77.4 Å². The van der Waals surface area contributed by atoms with E-state index in [4.69, 9.17) is 28.4 Å². The zero-order valence-corrected chi connectivity index (χ0v) is 30.1. The molecule has 0 heterocycles. The summed E-state index contributed by atoms with van der Waals surface area (Å²) in [4.78, 5) is 100. The van der Waals surface area contributed by atoms with Crippen LogP contribution in [0.25, 0.3) is 0 Å². The highest BCUT2D eigenvalue weighted by Crippen LogP contribution is 2.30. The van der Waals surface area contributed by atoms with E-state index in [0.29, 0.717) is 5.69 Å². The van der Waals surface area contributed by atoms with E-state index in [-0.39, 0.29) is 45.6 Å². The number of carbonyl (C=O) groups excluding carboxylic acids is 7.